The van der Waals surface area contributed by atoms with Crippen molar-refractivity contribution in [3.05, 3.63) is 0 Å². The van der Waals surface area contributed by atoms with Gasteiger partial charge in [0.15, 0.2) is 0 Å². The zero-order chi connectivity index (χ0) is 14.5. The summed E-state index contributed by atoms with van der Waals surface area (Å²) in [6.45, 7) is 4.60. The van der Waals surface area contributed by atoms with Gasteiger partial charge in [-0.3, -0.25) is 0 Å². The number of rotatable bonds is 15. The van der Waals surface area contributed by atoms with E-state index in [1.165, 1.54) is 96.3 Å². The van der Waals surface area contributed by atoms with Gasteiger partial charge in [-0.15, -0.1) is 0 Å². The zero-order valence-electron chi connectivity index (χ0n) is 14.3. The maximum absolute atomic E-state index is 3.88. The predicted molar refractivity (Wildman–Crippen MR) is 91.3 cm³/mol. The van der Waals surface area contributed by atoms with Crippen LogP contribution in [-0.4, -0.2) is 12.1 Å². The van der Waals surface area contributed by atoms with Gasteiger partial charge in [-0.2, -0.15) is 0 Å². The van der Waals surface area contributed by atoms with Crippen molar-refractivity contribution in [2.75, 3.05) is 0 Å². The molecule has 1 rings (SSSR count). The average molecular weight is 282 g/mol. The summed E-state index contributed by atoms with van der Waals surface area (Å²) in [5.74, 6) is 0. The Bertz CT molecular complexity index is 198. The van der Waals surface area contributed by atoms with Crippen molar-refractivity contribution in [1.29, 1.82) is 0 Å². The van der Waals surface area contributed by atoms with Crippen LogP contribution in [0.25, 0.3) is 0 Å². The summed E-state index contributed by atoms with van der Waals surface area (Å²) in [7, 11) is 0. The van der Waals surface area contributed by atoms with E-state index in [0.717, 1.165) is 12.1 Å². The van der Waals surface area contributed by atoms with E-state index >= 15 is 0 Å². The lowest BCUT2D eigenvalue weighted by Crippen LogP contribution is -2.30. The van der Waals surface area contributed by atoms with Gasteiger partial charge in [-0.25, -0.2) is 0 Å². The first-order valence-corrected chi connectivity index (χ1v) is 9.62. The molecule has 0 aromatic carbocycles. The second-order valence-corrected chi connectivity index (χ2v) is 6.90. The van der Waals surface area contributed by atoms with E-state index in [9.17, 15) is 0 Å². The number of hydrogen-bond acceptors (Lipinski definition) is 1. The van der Waals surface area contributed by atoms with Gasteiger partial charge >= 0.3 is 0 Å². The van der Waals surface area contributed by atoms with Crippen LogP contribution < -0.4 is 5.32 Å². The van der Waals surface area contributed by atoms with Gasteiger partial charge in [0.2, 0.25) is 0 Å². The molecule has 0 heterocycles. The maximum atomic E-state index is 3.88. The normalized spacial score (nSPS) is 16.5. The Morgan fingerprint density at radius 1 is 0.700 bits per heavy atom. The third-order valence-corrected chi connectivity index (χ3v) is 4.61. The summed E-state index contributed by atoms with van der Waals surface area (Å²) in [6, 6.07) is 1.71. The molecule has 0 saturated heterocycles. The Morgan fingerprint density at radius 3 is 1.60 bits per heavy atom. The van der Waals surface area contributed by atoms with Crippen LogP contribution in [0.5, 0.6) is 0 Å². The highest BCUT2D eigenvalue weighted by Crippen LogP contribution is 2.22. The fraction of sp³-hybridized carbons (Fsp3) is 1.00. The van der Waals surface area contributed by atoms with Crippen molar-refractivity contribution < 1.29 is 0 Å². The minimum Gasteiger partial charge on any atom is -0.311 e. The van der Waals surface area contributed by atoms with Gasteiger partial charge in [0.25, 0.3) is 0 Å². The highest BCUT2D eigenvalue weighted by Gasteiger charge is 2.23. The Morgan fingerprint density at radius 2 is 1.15 bits per heavy atom. The van der Waals surface area contributed by atoms with Crippen molar-refractivity contribution in [2.24, 2.45) is 0 Å². The summed E-state index contributed by atoms with van der Waals surface area (Å²) in [5, 5.41) is 3.88. The minimum atomic E-state index is 0.829. The monoisotopic (exact) mass is 281 g/mol. The molecule has 0 spiro atoms. The fourth-order valence-electron chi connectivity index (χ4n) is 3.06. The van der Waals surface area contributed by atoms with Gasteiger partial charge in [0.05, 0.1) is 0 Å². The molecular weight excluding hydrogens is 242 g/mol. The van der Waals surface area contributed by atoms with Crippen LogP contribution in [0.3, 0.4) is 0 Å². The fourth-order valence-corrected chi connectivity index (χ4v) is 3.06. The van der Waals surface area contributed by atoms with Crippen LogP contribution in [0.1, 0.15) is 110 Å². The van der Waals surface area contributed by atoms with Crippen LogP contribution in [0.2, 0.25) is 0 Å². The summed E-state index contributed by atoms with van der Waals surface area (Å²) >= 11 is 0. The zero-order valence-corrected chi connectivity index (χ0v) is 14.3. The lowest BCUT2D eigenvalue weighted by Gasteiger charge is -2.18. The second-order valence-electron chi connectivity index (χ2n) is 6.90. The largest absolute Gasteiger partial charge is 0.311 e. The molecule has 1 aliphatic rings. The number of nitrogens with one attached hydrogen (secondary N) is 1. The van der Waals surface area contributed by atoms with Gasteiger partial charge in [-0.1, -0.05) is 84.5 Å². The first kappa shape index (κ1) is 18.0. The molecule has 1 saturated carbocycles. The van der Waals surface area contributed by atoms with Gasteiger partial charge < -0.3 is 5.32 Å². The Labute approximate surface area is 128 Å². The molecule has 1 heteroatoms. The maximum Gasteiger partial charge on any atom is 0.00708 e. The molecule has 120 valence electrons. The summed E-state index contributed by atoms with van der Waals surface area (Å²) in [5.41, 5.74) is 0. The quantitative estimate of drug-likeness (QED) is 0.351. The third-order valence-electron chi connectivity index (χ3n) is 4.61. The highest BCUT2D eigenvalue weighted by atomic mass is 15.0. The minimum absolute atomic E-state index is 0.829. The first-order chi connectivity index (χ1) is 9.86. The average Bonchev–Trinajstić information content (AvgIpc) is 3.26. The third kappa shape index (κ3) is 10.7. The van der Waals surface area contributed by atoms with E-state index in [4.69, 9.17) is 0 Å². The van der Waals surface area contributed by atoms with Gasteiger partial charge in [-0.05, 0) is 25.7 Å². The molecule has 1 nitrogen and oxygen atoms in total. The summed E-state index contributed by atoms with van der Waals surface area (Å²) < 4.78 is 0. The van der Waals surface area contributed by atoms with Crippen LogP contribution >= 0.6 is 0 Å². The van der Waals surface area contributed by atoms with E-state index in [1.807, 2.05) is 0 Å². The van der Waals surface area contributed by atoms with E-state index in [1.54, 1.807) is 0 Å². The van der Waals surface area contributed by atoms with Crippen molar-refractivity contribution in [3.8, 4) is 0 Å². The van der Waals surface area contributed by atoms with Crippen molar-refractivity contribution in [3.63, 3.8) is 0 Å². The molecule has 0 aliphatic heterocycles. The molecule has 0 aromatic rings. The molecule has 20 heavy (non-hydrogen) atoms. The molecule has 0 aromatic heterocycles. The molecule has 0 bridgehead atoms. The first-order valence-electron chi connectivity index (χ1n) is 9.62. The molecule has 1 unspecified atom stereocenters. The van der Waals surface area contributed by atoms with E-state index in [0.29, 0.717) is 0 Å². The topological polar surface area (TPSA) is 12.0 Å². The number of hydrogen-bond donors (Lipinski definition) is 1. The number of unbranched alkanes of at least 4 members (excludes halogenated alkanes) is 9. The van der Waals surface area contributed by atoms with Crippen molar-refractivity contribution in [1.82, 2.24) is 5.32 Å². The molecule has 0 radical (unpaired) electrons. The Hall–Kier alpha value is -0.0400. The van der Waals surface area contributed by atoms with Gasteiger partial charge in [0.1, 0.15) is 0 Å². The second kappa shape index (κ2) is 12.7. The molecule has 0 amide bonds. The predicted octanol–water partition coefficient (Wildman–Crippen LogP) is 6.22. The molecule has 1 N–H and O–H groups in total. The molecule has 1 atom stereocenters. The lowest BCUT2D eigenvalue weighted by molar-refractivity contribution is 0.410. The van der Waals surface area contributed by atoms with E-state index < -0.39 is 0 Å². The summed E-state index contributed by atoms with van der Waals surface area (Å²) in [6.07, 6.45) is 21.5. The Balaban J connectivity index is 1.99. The van der Waals surface area contributed by atoms with Crippen molar-refractivity contribution in [2.45, 2.75) is 122 Å². The lowest BCUT2D eigenvalue weighted by atomic mass is 10.00. The van der Waals surface area contributed by atoms with E-state index in [-0.39, 0.29) is 0 Å². The van der Waals surface area contributed by atoms with Crippen molar-refractivity contribution >= 4 is 0 Å². The summed E-state index contributed by atoms with van der Waals surface area (Å²) in [4.78, 5) is 0. The smallest absolute Gasteiger partial charge is 0.00708 e. The van der Waals surface area contributed by atoms with Crippen LogP contribution in [0.15, 0.2) is 0 Å². The standard InChI is InChI=1S/C19H39N/c1-3-5-7-9-11-13-15-18(20-19-16-17-19)14-12-10-8-6-4-2/h18-20H,3-17H2,1-2H3. The highest BCUT2D eigenvalue weighted by molar-refractivity contribution is 4.84. The molecule has 1 fully saturated rings. The van der Waals surface area contributed by atoms with Crippen LogP contribution in [0.4, 0.5) is 0 Å². The SMILES string of the molecule is CCCCCCCCC(CCCCCCC)NC1CC1. The molecular formula is C19H39N. The van der Waals surface area contributed by atoms with Crippen LogP contribution in [0, 0.1) is 0 Å². The van der Waals surface area contributed by atoms with Crippen LogP contribution in [-0.2, 0) is 0 Å². The molecule has 1 aliphatic carbocycles. The van der Waals surface area contributed by atoms with E-state index in [2.05, 4.69) is 19.2 Å². The Kier molecular flexibility index (Phi) is 11.4. The van der Waals surface area contributed by atoms with Gasteiger partial charge in [0, 0.05) is 12.1 Å².